The van der Waals surface area contributed by atoms with Gasteiger partial charge in [-0.15, -0.1) is 0 Å². The topological polar surface area (TPSA) is 192 Å². The van der Waals surface area contributed by atoms with E-state index in [9.17, 15) is 34.8 Å². The molecule has 20 heteroatoms. The van der Waals surface area contributed by atoms with Crippen LogP contribution in [0.3, 0.4) is 0 Å². The number of amides is 1. The molecule has 8 rings (SSSR count). The molecule has 0 spiro atoms. The number of fused-ring (bicyclic) bond motifs is 1. The van der Waals surface area contributed by atoms with Crippen molar-refractivity contribution >= 4 is 59.6 Å². The number of alkyl halides is 3. The lowest BCUT2D eigenvalue weighted by molar-refractivity contribution is -0.137. The van der Waals surface area contributed by atoms with Gasteiger partial charge in [0.2, 0.25) is 10.0 Å². The van der Waals surface area contributed by atoms with E-state index in [2.05, 4.69) is 43.7 Å². The van der Waals surface area contributed by atoms with Crippen molar-refractivity contribution in [1.82, 2.24) is 23.9 Å². The number of pyridine rings is 1. The summed E-state index contributed by atoms with van der Waals surface area (Å²) < 4.78 is 107. The highest BCUT2D eigenvalue weighted by Crippen LogP contribution is 2.44. The van der Waals surface area contributed by atoms with Gasteiger partial charge in [-0.1, -0.05) is 31.6 Å². The number of allylic oxidation sites excluding steroid dienone is 1. The molecule has 352 valence electrons. The number of carbonyl (C=O) groups is 1. The van der Waals surface area contributed by atoms with Crippen LogP contribution in [0.4, 0.5) is 30.2 Å². The van der Waals surface area contributed by atoms with Crippen molar-refractivity contribution in [3.8, 4) is 11.5 Å². The average molecular weight is 951 g/mol. The number of halogens is 3. The zero-order chi connectivity index (χ0) is 47.0. The highest BCUT2D eigenvalue weighted by molar-refractivity contribution is 7.90. The number of hydrogen-bond donors (Lipinski definition) is 4. The number of nitrogens with one attached hydrogen (secondary N) is 3. The van der Waals surface area contributed by atoms with Gasteiger partial charge in [0, 0.05) is 69.2 Å². The second kappa shape index (κ2) is 18.5. The van der Waals surface area contributed by atoms with E-state index >= 15 is 0 Å². The molecule has 2 fully saturated rings. The molecule has 15 nitrogen and oxygen atoms in total. The lowest BCUT2D eigenvalue weighted by atomic mass is 9.72. The summed E-state index contributed by atoms with van der Waals surface area (Å²) in [6, 6.07) is 17.5. The molecule has 1 unspecified atom stereocenters. The first-order valence-corrected chi connectivity index (χ1v) is 24.9. The number of aromatic amines is 1. The fraction of sp³-hybridized carbons (Fsp3) is 0.391. The summed E-state index contributed by atoms with van der Waals surface area (Å²) in [5, 5.41) is 3.85. The fourth-order valence-corrected chi connectivity index (χ4v) is 10.8. The summed E-state index contributed by atoms with van der Waals surface area (Å²) in [6.45, 7) is 8.55. The van der Waals surface area contributed by atoms with Crippen LogP contribution in [0.15, 0.2) is 95.7 Å². The number of H-pyrrole nitrogens is 1. The number of nitrogen functional groups attached to an aromatic ring is 1. The first-order chi connectivity index (χ1) is 31.2. The molecule has 0 saturated carbocycles. The number of sulfonamides is 2. The number of benzene rings is 3. The summed E-state index contributed by atoms with van der Waals surface area (Å²) in [7, 11) is -7.94. The maximum Gasteiger partial charge on any atom is 0.416 e. The molecule has 2 aromatic heterocycles. The Morgan fingerprint density at radius 1 is 0.985 bits per heavy atom. The third-order valence-electron chi connectivity index (χ3n) is 12.4. The molecule has 3 aliphatic rings. The van der Waals surface area contributed by atoms with Crippen molar-refractivity contribution in [3.05, 3.63) is 107 Å². The summed E-state index contributed by atoms with van der Waals surface area (Å²) >= 11 is 0. The quantitative estimate of drug-likeness (QED) is 0.0892. The molecular weight excluding hydrogens is 898 g/mol. The Bertz CT molecular complexity index is 2860. The molecular formula is C46H53F3N8O7S2. The maximum absolute atomic E-state index is 13.9. The lowest BCUT2D eigenvalue weighted by Gasteiger charge is -2.39. The standard InChI is InChI=1S/C46H53F3N8O7S2/c1-45(2)14-12-32(39(25-45)30-4-6-33(7-5-30)46(47,48)49)28-55-16-18-56(19-17-55)34-8-10-38(42(23-34)64-36-22-31-13-15-51-43(31)53-27-36)44(58)54-66(61,62)37-9-11-41(40(50)24-37)52-26-35-29-63-21-20-57(35)65(3,59)60/h4-11,13,15,22-24,27,35,52H,12,14,16-21,25-26,28-29,50H2,1-3H3,(H,51,53)(H,54,58). The maximum atomic E-state index is 13.9. The SMILES string of the molecule is CC1(C)CCC(CN2CCN(c3ccc(C(=O)NS(=O)(=O)c4ccc(NCC5COCCN5S(C)(=O)=O)c(N)c4)c(Oc4cnc5[nH]ccc5c4)c3)CC2)=C(c2ccc(C(F)(F)F)cc2)C1. The molecule has 1 aliphatic carbocycles. The predicted octanol–water partition coefficient (Wildman–Crippen LogP) is 6.93. The van der Waals surface area contributed by atoms with Crippen molar-refractivity contribution in [2.45, 2.75) is 50.2 Å². The van der Waals surface area contributed by atoms with Gasteiger partial charge in [0.25, 0.3) is 15.9 Å². The third kappa shape index (κ3) is 10.8. The Kier molecular flexibility index (Phi) is 13.2. The zero-order valence-corrected chi connectivity index (χ0v) is 38.5. The van der Waals surface area contributed by atoms with Gasteiger partial charge in [-0.05, 0) is 90.4 Å². The van der Waals surface area contributed by atoms with Crippen LogP contribution in [0.2, 0.25) is 0 Å². The number of morpholine rings is 1. The van der Waals surface area contributed by atoms with E-state index in [1.54, 1.807) is 36.5 Å². The number of anilines is 3. The summed E-state index contributed by atoms with van der Waals surface area (Å²) in [5.74, 6) is -0.516. The molecule has 1 amide bonds. The van der Waals surface area contributed by atoms with E-state index in [4.69, 9.17) is 15.2 Å². The molecule has 2 aliphatic heterocycles. The molecule has 2 saturated heterocycles. The number of aromatic nitrogens is 2. The van der Waals surface area contributed by atoms with Crippen molar-refractivity contribution in [3.63, 3.8) is 0 Å². The lowest BCUT2D eigenvalue weighted by Crippen LogP contribution is -2.51. The minimum Gasteiger partial charge on any atom is -0.455 e. The first-order valence-electron chi connectivity index (χ1n) is 21.6. The van der Waals surface area contributed by atoms with E-state index in [1.165, 1.54) is 40.3 Å². The number of hydrogen-bond acceptors (Lipinski definition) is 12. The van der Waals surface area contributed by atoms with Gasteiger partial charge < -0.3 is 30.4 Å². The molecule has 5 aromatic rings. The van der Waals surface area contributed by atoms with E-state index < -0.39 is 43.7 Å². The number of rotatable bonds is 13. The van der Waals surface area contributed by atoms with Crippen molar-refractivity contribution in [1.29, 1.82) is 0 Å². The molecule has 4 heterocycles. The van der Waals surface area contributed by atoms with Crippen LogP contribution in [0.25, 0.3) is 16.6 Å². The van der Waals surface area contributed by atoms with Gasteiger partial charge in [0.15, 0.2) is 0 Å². The number of nitrogens with zero attached hydrogens (tertiary/aromatic N) is 4. The molecule has 0 radical (unpaired) electrons. The van der Waals surface area contributed by atoms with Crippen LogP contribution in [0.1, 0.15) is 54.6 Å². The average Bonchev–Trinajstić information content (AvgIpc) is 3.74. The monoisotopic (exact) mass is 950 g/mol. The summed E-state index contributed by atoms with van der Waals surface area (Å²) in [6.07, 6.45) is 2.57. The molecule has 1 atom stereocenters. The molecule has 3 aromatic carbocycles. The van der Waals surface area contributed by atoms with Crippen molar-refractivity contribution in [2.24, 2.45) is 5.41 Å². The Balaban J connectivity index is 0.979. The van der Waals surface area contributed by atoms with Gasteiger partial charge in [-0.25, -0.2) is 26.5 Å². The second-order valence-electron chi connectivity index (χ2n) is 17.8. The van der Waals surface area contributed by atoms with Crippen LogP contribution in [0, 0.1) is 5.41 Å². The minimum atomic E-state index is -4.46. The highest BCUT2D eigenvalue weighted by atomic mass is 32.2. The van der Waals surface area contributed by atoms with Gasteiger partial charge in [-0.2, -0.15) is 17.5 Å². The Morgan fingerprint density at radius 2 is 1.74 bits per heavy atom. The fourth-order valence-electron chi connectivity index (χ4n) is 8.76. The summed E-state index contributed by atoms with van der Waals surface area (Å²) in [4.78, 5) is 25.6. The van der Waals surface area contributed by atoms with E-state index in [0.717, 1.165) is 59.9 Å². The van der Waals surface area contributed by atoms with Gasteiger partial charge >= 0.3 is 6.18 Å². The van der Waals surface area contributed by atoms with Gasteiger partial charge in [0.05, 0.1) is 59.1 Å². The second-order valence-corrected chi connectivity index (χ2v) is 21.4. The normalized spacial score (nSPS) is 18.9. The molecule has 66 heavy (non-hydrogen) atoms. The third-order valence-corrected chi connectivity index (χ3v) is 15.1. The Morgan fingerprint density at radius 3 is 2.45 bits per heavy atom. The molecule has 0 bridgehead atoms. The van der Waals surface area contributed by atoms with Crippen molar-refractivity contribution < 1.29 is 44.3 Å². The van der Waals surface area contributed by atoms with E-state index in [0.29, 0.717) is 49.8 Å². The van der Waals surface area contributed by atoms with Gasteiger partial charge in [0.1, 0.15) is 17.1 Å². The van der Waals surface area contributed by atoms with Crippen LogP contribution in [-0.2, 0) is 31.0 Å². The number of nitrogens with two attached hydrogens (primary N) is 1. The highest BCUT2D eigenvalue weighted by Gasteiger charge is 2.33. The van der Waals surface area contributed by atoms with Crippen molar-refractivity contribution in [2.75, 3.05) is 81.2 Å². The Labute approximate surface area is 382 Å². The number of carbonyl (C=O) groups excluding carboxylic acids is 1. The van der Waals surface area contributed by atoms with Crippen LogP contribution in [0.5, 0.6) is 11.5 Å². The smallest absolute Gasteiger partial charge is 0.416 e. The number of piperazine rings is 1. The summed E-state index contributed by atoms with van der Waals surface area (Å²) in [5.41, 5.74) is 10.6. The van der Waals surface area contributed by atoms with E-state index in [-0.39, 0.29) is 53.6 Å². The van der Waals surface area contributed by atoms with Crippen LogP contribution in [-0.4, -0.2) is 113 Å². The Hall–Kier alpha value is -5.67. The number of ether oxygens (including phenoxy) is 2. The predicted molar refractivity (Wildman–Crippen MR) is 247 cm³/mol. The van der Waals surface area contributed by atoms with Crippen LogP contribution >= 0.6 is 0 Å². The van der Waals surface area contributed by atoms with Gasteiger partial charge in [-0.3, -0.25) is 9.69 Å². The molecule has 5 N–H and O–H groups in total. The largest absolute Gasteiger partial charge is 0.455 e. The van der Waals surface area contributed by atoms with E-state index in [1.807, 2.05) is 6.07 Å². The van der Waals surface area contributed by atoms with Crippen LogP contribution < -0.4 is 25.4 Å². The zero-order valence-electron chi connectivity index (χ0n) is 36.8. The first kappa shape index (κ1) is 46.8. The minimum absolute atomic E-state index is 0.0215.